The van der Waals surface area contributed by atoms with Gasteiger partial charge in [-0.1, -0.05) is 59.6 Å². The quantitative estimate of drug-likeness (QED) is 0.842. The van der Waals surface area contributed by atoms with Crippen LogP contribution in [0, 0.1) is 6.92 Å². The van der Waals surface area contributed by atoms with Gasteiger partial charge in [-0.15, -0.1) is 0 Å². The maximum Gasteiger partial charge on any atom is 0.168 e. The van der Waals surface area contributed by atoms with Crippen LogP contribution in [0.25, 0.3) is 0 Å². The third kappa shape index (κ3) is 2.78. The molecule has 5 heteroatoms. The summed E-state index contributed by atoms with van der Waals surface area (Å²) in [5.41, 5.74) is 1.68. The minimum atomic E-state index is -3.40. The smallest absolute Gasteiger partial charge is 0.168 e. The third-order valence-electron chi connectivity index (χ3n) is 3.18. The Kier molecular flexibility index (Phi) is 4.98. The van der Waals surface area contributed by atoms with E-state index in [4.69, 9.17) is 0 Å². The first kappa shape index (κ1) is 15.7. The summed E-state index contributed by atoms with van der Waals surface area (Å²) in [7, 11) is -3.40. The molecule has 0 aliphatic heterocycles. The van der Waals surface area contributed by atoms with Crippen molar-refractivity contribution < 1.29 is 13.5 Å². The largest absolute Gasteiger partial charge is 0.386 e. The molecule has 0 saturated carbocycles. The molecule has 1 aromatic carbocycles. The molecule has 0 heterocycles. The first-order valence-electron chi connectivity index (χ1n) is 5.94. The van der Waals surface area contributed by atoms with Gasteiger partial charge < -0.3 is 5.11 Å². The number of aryl methyl sites for hydroxylation is 1. The zero-order chi connectivity index (χ0) is 14.0. The van der Waals surface area contributed by atoms with Crippen molar-refractivity contribution in [1.82, 2.24) is 0 Å². The molecule has 1 rings (SSSR count). The molecule has 1 N–H and O–H groups in total. The average Bonchev–Trinajstić information content (AvgIpc) is 2.37. The Morgan fingerprint density at radius 2 is 1.78 bits per heavy atom. The number of halogens is 1. The van der Waals surface area contributed by atoms with Gasteiger partial charge in [0.25, 0.3) is 0 Å². The summed E-state index contributed by atoms with van der Waals surface area (Å²) >= 11 is 3.25. The Labute approximate surface area is 117 Å². The SMILES string of the molecule is CCC(Br)(C(O)c1ccc(C)cc1)S(=O)(=O)CC. The molecule has 0 aliphatic carbocycles. The van der Waals surface area contributed by atoms with Crippen LogP contribution in [-0.4, -0.2) is 22.9 Å². The van der Waals surface area contributed by atoms with Crippen LogP contribution in [0.3, 0.4) is 0 Å². The molecule has 18 heavy (non-hydrogen) atoms. The number of sulfone groups is 1. The van der Waals surface area contributed by atoms with Gasteiger partial charge in [0.15, 0.2) is 13.5 Å². The van der Waals surface area contributed by atoms with Crippen LogP contribution < -0.4 is 0 Å². The summed E-state index contributed by atoms with van der Waals surface area (Å²) < 4.78 is 22.9. The van der Waals surface area contributed by atoms with E-state index in [1.54, 1.807) is 26.0 Å². The van der Waals surface area contributed by atoms with Gasteiger partial charge in [0.2, 0.25) is 0 Å². The molecule has 102 valence electrons. The van der Waals surface area contributed by atoms with E-state index in [1.807, 2.05) is 19.1 Å². The van der Waals surface area contributed by atoms with E-state index in [2.05, 4.69) is 15.9 Å². The summed E-state index contributed by atoms with van der Waals surface area (Å²) in [5.74, 6) is -0.00495. The molecule has 0 aliphatic rings. The molecule has 0 radical (unpaired) electrons. The van der Waals surface area contributed by atoms with E-state index < -0.39 is 19.6 Å². The summed E-state index contributed by atoms with van der Waals surface area (Å²) in [5, 5.41) is 10.4. The molecule has 0 aromatic heterocycles. The number of alkyl halides is 1. The standard InChI is InChI=1S/C13H19BrO3S/c1-4-13(14,18(16,17)5-2)12(15)11-8-6-10(3)7-9-11/h6-9,12,15H,4-5H2,1-3H3. The van der Waals surface area contributed by atoms with Crippen molar-refractivity contribution in [3.8, 4) is 0 Å². The third-order valence-corrected chi connectivity index (χ3v) is 7.96. The molecule has 1 aromatic rings. The Morgan fingerprint density at radius 3 is 2.17 bits per heavy atom. The molecular formula is C13H19BrO3S. The molecule has 0 amide bonds. The van der Waals surface area contributed by atoms with Gasteiger partial charge in [-0.25, -0.2) is 8.42 Å². The second-order valence-corrected chi connectivity index (χ2v) is 8.83. The predicted molar refractivity (Wildman–Crippen MR) is 77.5 cm³/mol. The van der Waals surface area contributed by atoms with Crippen molar-refractivity contribution >= 4 is 25.8 Å². The lowest BCUT2D eigenvalue weighted by Gasteiger charge is -2.31. The van der Waals surface area contributed by atoms with Crippen LogP contribution in [0.4, 0.5) is 0 Å². The van der Waals surface area contributed by atoms with E-state index in [0.29, 0.717) is 12.0 Å². The molecule has 2 unspecified atom stereocenters. The van der Waals surface area contributed by atoms with Crippen molar-refractivity contribution in [3.05, 3.63) is 35.4 Å². The highest BCUT2D eigenvalue weighted by molar-refractivity contribution is 9.11. The lowest BCUT2D eigenvalue weighted by atomic mass is 10.0. The maximum atomic E-state index is 12.1. The van der Waals surface area contributed by atoms with Crippen LogP contribution in [0.5, 0.6) is 0 Å². The summed E-state index contributed by atoms with van der Waals surface area (Å²) in [6, 6.07) is 7.24. The van der Waals surface area contributed by atoms with Crippen molar-refractivity contribution in [2.75, 3.05) is 5.75 Å². The van der Waals surface area contributed by atoms with Gasteiger partial charge in [0, 0.05) is 5.75 Å². The molecule has 0 saturated heterocycles. The van der Waals surface area contributed by atoms with E-state index >= 15 is 0 Å². The minimum Gasteiger partial charge on any atom is -0.386 e. The van der Waals surface area contributed by atoms with E-state index in [1.165, 1.54) is 0 Å². The molecule has 0 fully saturated rings. The fraction of sp³-hybridized carbons (Fsp3) is 0.538. The van der Waals surface area contributed by atoms with E-state index in [9.17, 15) is 13.5 Å². The van der Waals surface area contributed by atoms with Gasteiger partial charge in [-0.05, 0) is 18.9 Å². The number of aliphatic hydroxyl groups is 1. The van der Waals surface area contributed by atoms with E-state index in [-0.39, 0.29) is 5.75 Å². The second-order valence-electron chi connectivity index (χ2n) is 4.36. The molecule has 0 bridgehead atoms. The lowest BCUT2D eigenvalue weighted by molar-refractivity contribution is 0.160. The van der Waals surface area contributed by atoms with Crippen molar-refractivity contribution in [3.63, 3.8) is 0 Å². The second kappa shape index (κ2) is 5.72. The zero-order valence-corrected chi connectivity index (χ0v) is 13.3. The molecular weight excluding hydrogens is 316 g/mol. The number of aliphatic hydroxyl groups excluding tert-OH is 1. The minimum absolute atomic E-state index is 0.00495. The Hall–Kier alpha value is -0.390. The predicted octanol–water partition coefficient (Wildman–Crippen LogP) is 2.96. The maximum absolute atomic E-state index is 12.1. The number of rotatable bonds is 5. The van der Waals surface area contributed by atoms with Gasteiger partial charge in [-0.2, -0.15) is 0 Å². The summed E-state index contributed by atoms with van der Waals surface area (Å²) in [4.78, 5) is 0. The fourth-order valence-electron chi connectivity index (χ4n) is 1.82. The highest BCUT2D eigenvalue weighted by Gasteiger charge is 2.45. The Bertz CT molecular complexity index is 495. The number of hydrogen-bond acceptors (Lipinski definition) is 3. The normalized spacial score (nSPS) is 17.2. The molecule has 2 atom stereocenters. The Morgan fingerprint density at radius 1 is 1.28 bits per heavy atom. The monoisotopic (exact) mass is 334 g/mol. The van der Waals surface area contributed by atoms with Gasteiger partial charge in [0.1, 0.15) is 6.10 Å². The lowest BCUT2D eigenvalue weighted by Crippen LogP contribution is -2.39. The fourth-order valence-corrected chi connectivity index (χ4v) is 4.17. The van der Waals surface area contributed by atoms with Crippen LogP contribution in [0.2, 0.25) is 0 Å². The average molecular weight is 335 g/mol. The number of benzene rings is 1. The van der Waals surface area contributed by atoms with Crippen molar-refractivity contribution in [2.45, 2.75) is 37.0 Å². The highest BCUT2D eigenvalue weighted by atomic mass is 79.9. The van der Waals surface area contributed by atoms with Crippen molar-refractivity contribution in [1.29, 1.82) is 0 Å². The summed E-state index contributed by atoms with van der Waals surface area (Å²) in [6.45, 7) is 5.28. The van der Waals surface area contributed by atoms with E-state index in [0.717, 1.165) is 5.56 Å². The van der Waals surface area contributed by atoms with Crippen LogP contribution in [0.15, 0.2) is 24.3 Å². The van der Waals surface area contributed by atoms with Gasteiger partial charge in [-0.3, -0.25) is 0 Å². The highest BCUT2D eigenvalue weighted by Crippen LogP contribution is 2.41. The molecule has 3 nitrogen and oxygen atoms in total. The topological polar surface area (TPSA) is 54.4 Å². The van der Waals surface area contributed by atoms with Gasteiger partial charge >= 0.3 is 0 Å². The number of hydrogen-bond donors (Lipinski definition) is 1. The summed E-state index contributed by atoms with van der Waals surface area (Å²) in [6.07, 6.45) is -0.772. The first-order chi connectivity index (χ1) is 8.28. The van der Waals surface area contributed by atoms with Crippen LogP contribution in [0.1, 0.15) is 37.5 Å². The van der Waals surface area contributed by atoms with Crippen LogP contribution >= 0.6 is 15.9 Å². The van der Waals surface area contributed by atoms with Crippen molar-refractivity contribution in [2.24, 2.45) is 0 Å². The zero-order valence-electron chi connectivity index (χ0n) is 10.9. The van der Waals surface area contributed by atoms with Crippen LogP contribution in [-0.2, 0) is 9.84 Å². The first-order valence-corrected chi connectivity index (χ1v) is 8.39. The molecule has 0 spiro atoms. The van der Waals surface area contributed by atoms with Gasteiger partial charge in [0.05, 0.1) is 0 Å². The Balaban J connectivity index is 3.21.